The smallest absolute Gasteiger partial charge is 0.335 e. The highest BCUT2D eigenvalue weighted by atomic mass is 16.6. The fraction of sp³-hybridized carbons (Fsp3) is 0.296. The maximum absolute atomic E-state index is 12.8. The molecule has 214 valence electrons. The van der Waals surface area contributed by atoms with Crippen molar-refractivity contribution in [2.45, 2.75) is 36.3 Å². The number of esters is 2. The van der Waals surface area contributed by atoms with E-state index in [1.807, 2.05) is 0 Å². The summed E-state index contributed by atoms with van der Waals surface area (Å²) in [5.74, 6) is -5.37. The van der Waals surface area contributed by atoms with E-state index in [4.69, 9.17) is 9.47 Å². The number of aromatic hydroxyl groups is 4. The molecule has 1 fully saturated rings. The maximum atomic E-state index is 12.8. The Morgan fingerprint density at radius 2 is 1.43 bits per heavy atom. The number of aliphatic carboxylic acids is 1. The van der Waals surface area contributed by atoms with Crippen molar-refractivity contribution in [2.24, 2.45) is 0 Å². The third-order valence-corrected chi connectivity index (χ3v) is 6.39. The van der Waals surface area contributed by atoms with Gasteiger partial charge in [0.2, 0.25) is 0 Å². The number of ether oxygens (including phenoxy) is 2. The quantitative estimate of drug-likeness (QED) is 0.120. The number of carbonyl (C=O) groups excluding carboxylic acids is 2. The van der Waals surface area contributed by atoms with Crippen LogP contribution in [0.4, 0.5) is 0 Å². The van der Waals surface area contributed by atoms with E-state index in [2.05, 4.69) is 5.32 Å². The molecule has 1 aliphatic rings. The average molecular weight is 560 g/mol. The first-order valence-electron chi connectivity index (χ1n) is 11.9. The number of benzene rings is 2. The van der Waals surface area contributed by atoms with Crippen LogP contribution in [0.5, 0.6) is 23.0 Å². The van der Waals surface area contributed by atoms with Crippen molar-refractivity contribution >= 4 is 30.1 Å². The third-order valence-electron chi connectivity index (χ3n) is 6.39. The van der Waals surface area contributed by atoms with E-state index in [0.29, 0.717) is 11.1 Å². The standard InChI is InChI=1S/C27H29NO12/c1-28-14-27(40-24(35)9-5-16-3-7-18(30)20(32)11-16)21(33)12-26(38,25(36)37)13-22(27)39-23(34)8-4-15-2-6-17(29)19(31)10-15/h2-11,21-22,28-33,38H,12-14H2,1H3,(H,36,37)/b8-4+,9-5+/t21-,22-,26-,27+/m1/s1. The topological polar surface area (TPSA) is 223 Å². The first-order chi connectivity index (χ1) is 18.8. The van der Waals surface area contributed by atoms with Gasteiger partial charge in [0.05, 0.1) is 0 Å². The van der Waals surface area contributed by atoms with Crippen LogP contribution in [0, 0.1) is 0 Å². The van der Waals surface area contributed by atoms with Gasteiger partial charge < -0.3 is 50.5 Å². The summed E-state index contributed by atoms with van der Waals surface area (Å²) in [5, 5.41) is 72.1. The Labute approximate surface area is 227 Å². The lowest BCUT2D eigenvalue weighted by Crippen LogP contribution is -2.69. The molecule has 40 heavy (non-hydrogen) atoms. The van der Waals surface area contributed by atoms with Crippen LogP contribution in [0.15, 0.2) is 48.6 Å². The summed E-state index contributed by atoms with van der Waals surface area (Å²) >= 11 is 0. The van der Waals surface area contributed by atoms with Crippen LogP contribution in [-0.2, 0) is 23.9 Å². The van der Waals surface area contributed by atoms with Crippen LogP contribution >= 0.6 is 0 Å². The van der Waals surface area contributed by atoms with Crippen LogP contribution in [0.25, 0.3) is 12.2 Å². The third kappa shape index (κ3) is 6.69. The Kier molecular flexibility index (Phi) is 9.04. The normalized spacial score (nSPS) is 24.7. The largest absolute Gasteiger partial charge is 0.504 e. The first-order valence-corrected chi connectivity index (χ1v) is 11.9. The SMILES string of the molecule is CNC[C@]1(OC(=O)/C=C/c2ccc(O)c(O)c2)[C@H](O)C[C@](O)(C(=O)O)C[C@H]1OC(=O)/C=C/c1ccc(O)c(O)c1. The molecule has 0 spiro atoms. The van der Waals surface area contributed by atoms with Crippen molar-refractivity contribution in [3.63, 3.8) is 0 Å². The number of nitrogens with one attached hydrogen (secondary N) is 1. The number of carboxylic acid groups (broad SMARTS) is 1. The zero-order valence-corrected chi connectivity index (χ0v) is 21.2. The minimum Gasteiger partial charge on any atom is -0.504 e. The predicted molar refractivity (Wildman–Crippen MR) is 138 cm³/mol. The van der Waals surface area contributed by atoms with Gasteiger partial charge in [-0.1, -0.05) is 12.1 Å². The highest BCUT2D eigenvalue weighted by Crippen LogP contribution is 2.40. The van der Waals surface area contributed by atoms with Gasteiger partial charge in [-0.15, -0.1) is 0 Å². The Bertz CT molecular complexity index is 1340. The second-order valence-corrected chi connectivity index (χ2v) is 9.26. The van der Waals surface area contributed by atoms with Gasteiger partial charge in [0.25, 0.3) is 0 Å². The van der Waals surface area contributed by atoms with Crippen molar-refractivity contribution in [1.29, 1.82) is 0 Å². The maximum Gasteiger partial charge on any atom is 0.335 e. The van der Waals surface area contributed by atoms with Crippen molar-refractivity contribution in [1.82, 2.24) is 5.32 Å². The van der Waals surface area contributed by atoms with E-state index in [-0.39, 0.29) is 18.0 Å². The van der Waals surface area contributed by atoms with Crippen LogP contribution in [-0.4, -0.2) is 90.7 Å². The number of carbonyl (C=O) groups is 3. The van der Waals surface area contributed by atoms with Crippen molar-refractivity contribution in [2.75, 3.05) is 13.6 Å². The number of aliphatic hydroxyl groups is 2. The molecule has 0 amide bonds. The number of phenols is 4. The number of aliphatic hydroxyl groups excluding tert-OH is 1. The van der Waals surface area contributed by atoms with Crippen LogP contribution in [0.1, 0.15) is 24.0 Å². The molecule has 0 bridgehead atoms. The Hall–Kier alpha value is -4.59. The summed E-state index contributed by atoms with van der Waals surface area (Å²) in [4.78, 5) is 37.3. The molecule has 13 heteroatoms. The number of carboxylic acids is 1. The average Bonchev–Trinajstić information content (AvgIpc) is 2.88. The summed E-state index contributed by atoms with van der Waals surface area (Å²) in [5.41, 5.74) is -3.93. The molecule has 2 aromatic carbocycles. The minimum absolute atomic E-state index is 0.302. The summed E-state index contributed by atoms with van der Waals surface area (Å²) < 4.78 is 11.0. The van der Waals surface area contributed by atoms with Gasteiger partial charge >= 0.3 is 17.9 Å². The number of phenolic OH excluding ortho intramolecular Hbond substituents is 4. The van der Waals surface area contributed by atoms with Gasteiger partial charge in [-0.3, -0.25) is 0 Å². The predicted octanol–water partition coefficient (Wildman–Crippen LogP) is 0.619. The molecule has 4 atom stereocenters. The molecular formula is C27H29NO12. The lowest BCUT2D eigenvalue weighted by molar-refractivity contribution is -0.236. The van der Waals surface area contributed by atoms with Gasteiger partial charge in [0.15, 0.2) is 34.2 Å². The summed E-state index contributed by atoms with van der Waals surface area (Å²) in [6.45, 7) is -0.309. The van der Waals surface area contributed by atoms with Crippen molar-refractivity contribution in [3.8, 4) is 23.0 Å². The second-order valence-electron chi connectivity index (χ2n) is 9.26. The fourth-order valence-corrected chi connectivity index (χ4v) is 4.28. The molecule has 0 aromatic heterocycles. The van der Waals surface area contributed by atoms with E-state index in [1.165, 1.54) is 55.6 Å². The molecule has 0 heterocycles. The Morgan fingerprint density at radius 1 is 0.900 bits per heavy atom. The van der Waals surface area contributed by atoms with Gasteiger partial charge in [-0.2, -0.15) is 0 Å². The number of likely N-dealkylation sites (N-methyl/N-ethyl adjacent to an activating group) is 1. The molecule has 0 radical (unpaired) electrons. The summed E-state index contributed by atoms with van der Waals surface area (Å²) in [6, 6.07) is 7.52. The zero-order chi connectivity index (χ0) is 29.7. The number of hydrogen-bond acceptors (Lipinski definition) is 12. The molecule has 0 saturated heterocycles. The lowest BCUT2D eigenvalue weighted by Gasteiger charge is -2.49. The summed E-state index contributed by atoms with van der Waals surface area (Å²) in [6.07, 6.45) is -0.585. The van der Waals surface area contributed by atoms with E-state index < -0.39 is 65.7 Å². The molecule has 2 aromatic rings. The second kappa shape index (κ2) is 12.1. The molecule has 8 N–H and O–H groups in total. The van der Waals surface area contributed by atoms with Crippen LogP contribution in [0.3, 0.4) is 0 Å². The van der Waals surface area contributed by atoms with Crippen LogP contribution in [0.2, 0.25) is 0 Å². The van der Waals surface area contributed by atoms with E-state index in [9.17, 15) is 50.1 Å². The van der Waals surface area contributed by atoms with Crippen LogP contribution < -0.4 is 5.32 Å². The zero-order valence-electron chi connectivity index (χ0n) is 21.2. The van der Waals surface area contributed by atoms with Gasteiger partial charge in [-0.05, 0) is 54.6 Å². The Balaban J connectivity index is 1.90. The van der Waals surface area contributed by atoms with Gasteiger partial charge in [0, 0.05) is 31.5 Å². The summed E-state index contributed by atoms with van der Waals surface area (Å²) in [7, 11) is 1.45. The molecule has 1 saturated carbocycles. The molecular weight excluding hydrogens is 530 g/mol. The van der Waals surface area contributed by atoms with E-state index >= 15 is 0 Å². The Morgan fingerprint density at radius 3 is 1.90 bits per heavy atom. The highest BCUT2D eigenvalue weighted by Gasteiger charge is 2.61. The van der Waals surface area contributed by atoms with E-state index in [1.54, 1.807) is 0 Å². The first kappa shape index (κ1) is 30.0. The lowest BCUT2D eigenvalue weighted by atomic mass is 9.71. The molecule has 13 nitrogen and oxygen atoms in total. The molecule has 1 aliphatic carbocycles. The van der Waals surface area contributed by atoms with Gasteiger partial charge in [0.1, 0.15) is 12.2 Å². The fourth-order valence-electron chi connectivity index (χ4n) is 4.28. The number of hydrogen-bond donors (Lipinski definition) is 8. The minimum atomic E-state index is -2.51. The molecule has 3 rings (SSSR count). The van der Waals surface area contributed by atoms with E-state index in [0.717, 1.165) is 12.2 Å². The number of rotatable bonds is 9. The van der Waals surface area contributed by atoms with Crippen molar-refractivity contribution in [3.05, 3.63) is 59.7 Å². The van der Waals surface area contributed by atoms with Crippen molar-refractivity contribution < 1.29 is 59.6 Å². The highest BCUT2D eigenvalue weighted by molar-refractivity contribution is 5.89. The molecule has 0 aliphatic heterocycles. The monoisotopic (exact) mass is 559 g/mol. The molecule has 0 unspecified atom stereocenters. The van der Waals surface area contributed by atoms with Gasteiger partial charge in [-0.25, -0.2) is 14.4 Å².